The molecule has 0 aliphatic carbocycles. The van der Waals surface area contributed by atoms with Gasteiger partial charge in [0.25, 0.3) is 0 Å². The van der Waals surface area contributed by atoms with Crippen LogP contribution >= 0.6 is 11.3 Å². The van der Waals surface area contributed by atoms with E-state index in [1.54, 1.807) is 0 Å². The van der Waals surface area contributed by atoms with E-state index in [0.717, 1.165) is 44.6 Å². The van der Waals surface area contributed by atoms with Gasteiger partial charge in [-0.3, -0.25) is 0 Å². The second kappa shape index (κ2) is 12.9. The highest BCUT2D eigenvalue weighted by Gasteiger charge is 2.21. The Kier molecular flexibility index (Phi) is 7.39. The van der Waals surface area contributed by atoms with Crippen LogP contribution in [0, 0.1) is 0 Å². The topological polar surface area (TPSA) is 16.4 Å². The first-order valence-corrected chi connectivity index (χ1v) is 19.5. The predicted octanol–water partition coefficient (Wildman–Crippen LogP) is 15.6. The highest BCUT2D eigenvalue weighted by Crippen LogP contribution is 2.47. The van der Waals surface area contributed by atoms with Crippen LogP contribution in [-0.4, -0.2) is 0 Å². The Labute approximate surface area is 322 Å². The van der Waals surface area contributed by atoms with Crippen molar-refractivity contribution in [2.75, 3.05) is 4.90 Å². The van der Waals surface area contributed by atoms with Crippen molar-refractivity contribution in [1.82, 2.24) is 0 Å². The van der Waals surface area contributed by atoms with E-state index in [4.69, 9.17) is 4.42 Å². The van der Waals surface area contributed by atoms with Crippen molar-refractivity contribution in [3.63, 3.8) is 0 Å². The third kappa shape index (κ3) is 5.40. The molecule has 0 fully saturated rings. The molecule has 258 valence electrons. The first-order chi connectivity index (χ1) is 27.2. The summed E-state index contributed by atoms with van der Waals surface area (Å²) >= 11 is 1.87. The summed E-state index contributed by atoms with van der Waals surface area (Å²) in [4.78, 5) is 2.39. The normalized spacial score (nSPS) is 11.6. The lowest BCUT2D eigenvalue weighted by Crippen LogP contribution is -2.11. The van der Waals surface area contributed by atoms with Gasteiger partial charge in [-0.15, -0.1) is 11.3 Å². The lowest BCUT2D eigenvalue weighted by molar-refractivity contribution is 0.669. The zero-order valence-corrected chi connectivity index (χ0v) is 30.6. The zero-order chi connectivity index (χ0) is 36.3. The van der Waals surface area contributed by atoms with E-state index in [1.807, 2.05) is 23.5 Å². The Morgan fingerprint density at radius 2 is 1.00 bits per heavy atom. The standard InChI is InChI=1S/C52H33NOS/c1-2-12-37-31-39(28-27-34(37)11-1)36-25-23-35(24-26-36)38-13-9-14-40(32-38)53(41-29-30-44-43-16-4-7-21-49(43)54-50(44)33-41)48-20-6-3-15-42(48)46-18-10-19-47-45-17-5-8-22-51(45)55-52(46)47/h1-33H. The van der Waals surface area contributed by atoms with E-state index >= 15 is 0 Å². The number of furan rings is 1. The summed E-state index contributed by atoms with van der Waals surface area (Å²) in [6.45, 7) is 0. The minimum Gasteiger partial charge on any atom is -0.456 e. The maximum atomic E-state index is 6.46. The molecule has 0 unspecified atom stereocenters. The number of rotatable bonds is 6. The average Bonchev–Trinajstić information content (AvgIpc) is 3.82. The van der Waals surface area contributed by atoms with Gasteiger partial charge >= 0.3 is 0 Å². The van der Waals surface area contributed by atoms with Crippen molar-refractivity contribution in [3.05, 3.63) is 200 Å². The van der Waals surface area contributed by atoms with E-state index in [-0.39, 0.29) is 0 Å². The van der Waals surface area contributed by atoms with Gasteiger partial charge in [-0.05, 0) is 81.6 Å². The molecule has 0 N–H and O–H groups in total. The molecule has 11 aromatic rings. The molecular weight excluding hydrogens is 687 g/mol. The van der Waals surface area contributed by atoms with Crippen molar-refractivity contribution >= 4 is 81.3 Å². The summed E-state index contributed by atoms with van der Waals surface area (Å²) in [5.41, 5.74) is 12.1. The lowest BCUT2D eigenvalue weighted by atomic mass is 9.97. The fourth-order valence-corrected chi connectivity index (χ4v) is 9.42. The van der Waals surface area contributed by atoms with Gasteiger partial charge in [-0.25, -0.2) is 0 Å². The largest absolute Gasteiger partial charge is 0.456 e. The third-order valence-corrected chi connectivity index (χ3v) is 12.1. The first-order valence-electron chi connectivity index (χ1n) is 18.7. The Hall–Kier alpha value is -6.94. The van der Waals surface area contributed by atoms with Gasteiger partial charge in [0.2, 0.25) is 0 Å². The first kappa shape index (κ1) is 31.6. The van der Waals surface area contributed by atoms with Gasteiger partial charge < -0.3 is 9.32 Å². The molecule has 55 heavy (non-hydrogen) atoms. The van der Waals surface area contributed by atoms with Crippen LogP contribution in [0.25, 0.3) is 86.3 Å². The monoisotopic (exact) mass is 719 g/mol. The molecule has 2 aromatic heterocycles. The van der Waals surface area contributed by atoms with Crippen LogP contribution in [0.1, 0.15) is 0 Å². The molecule has 0 atom stereocenters. The number of benzene rings is 9. The van der Waals surface area contributed by atoms with E-state index in [0.29, 0.717) is 0 Å². The highest BCUT2D eigenvalue weighted by molar-refractivity contribution is 7.26. The summed E-state index contributed by atoms with van der Waals surface area (Å²) in [5, 5.41) is 7.34. The van der Waals surface area contributed by atoms with Crippen LogP contribution in [-0.2, 0) is 0 Å². The fourth-order valence-electron chi connectivity index (χ4n) is 8.19. The second-order valence-electron chi connectivity index (χ2n) is 14.1. The summed E-state index contributed by atoms with van der Waals surface area (Å²) in [6.07, 6.45) is 0. The van der Waals surface area contributed by atoms with Gasteiger partial charge in [0.15, 0.2) is 0 Å². The average molecular weight is 720 g/mol. The summed E-state index contributed by atoms with van der Waals surface area (Å²) < 4.78 is 9.06. The minimum atomic E-state index is 0.869. The van der Waals surface area contributed by atoms with Crippen LogP contribution in [0.2, 0.25) is 0 Å². The van der Waals surface area contributed by atoms with Crippen molar-refractivity contribution in [2.24, 2.45) is 0 Å². The summed E-state index contributed by atoms with van der Waals surface area (Å²) in [6, 6.07) is 72.2. The predicted molar refractivity (Wildman–Crippen MR) is 235 cm³/mol. The molecule has 0 spiro atoms. The maximum absolute atomic E-state index is 6.46. The number of para-hydroxylation sites is 2. The summed E-state index contributed by atoms with van der Waals surface area (Å²) in [5.74, 6) is 0. The summed E-state index contributed by atoms with van der Waals surface area (Å²) in [7, 11) is 0. The molecular formula is C52H33NOS. The van der Waals surface area contributed by atoms with Crippen LogP contribution in [0.4, 0.5) is 17.1 Å². The minimum absolute atomic E-state index is 0.869. The molecule has 2 nitrogen and oxygen atoms in total. The SMILES string of the molecule is c1cc(-c2ccc(-c3ccc4ccccc4c3)cc2)cc(N(c2ccc3c(c2)oc2ccccc23)c2ccccc2-c2cccc3c2sc2ccccc23)c1. The quantitative estimate of drug-likeness (QED) is 0.170. The van der Waals surface area contributed by atoms with Crippen LogP contribution < -0.4 is 4.90 Å². The number of nitrogens with zero attached hydrogens (tertiary/aromatic N) is 1. The number of hydrogen-bond donors (Lipinski definition) is 0. The van der Waals surface area contributed by atoms with Crippen LogP contribution in [0.3, 0.4) is 0 Å². The van der Waals surface area contributed by atoms with Gasteiger partial charge in [-0.2, -0.15) is 0 Å². The smallest absolute Gasteiger partial charge is 0.137 e. The van der Waals surface area contributed by atoms with Crippen molar-refractivity contribution in [2.45, 2.75) is 0 Å². The fraction of sp³-hybridized carbons (Fsp3) is 0. The van der Waals surface area contributed by atoms with E-state index in [1.165, 1.54) is 58.8 Å². The molecule has 9 aromatic carbocycles. The molecule has 2 heterocycles. The molecule has 0 saturated carbocycles. The third-order valence-electron chi connectivity index (χ3n) is 10.9. The Balaban J connectivity index is 1.06. The van der Waals surface area contributed by atoms with Crippen molar-refractivity contribution in [3.8, 4) is 33.4 Å². The van der Waals surface area contributed by atoms with Crippen LogP contribution in [0.15, 0.2) is 205 Å². The molecule has 0 aliphatic heterocycles. The van der Waals surface area contributed by atoms with Gasteiger partial charge in [0.05, 0.1) is 5.69 Å². The molecule has 0 saturated heterocycles. The second-order valence-corrected chi connectivity index (χ2v) is 15.2. The zero-order valence-electron chi connectivity index (χ0n) is 29.8. The highest BCUT2D eigenvalue weighted by atomic mass is 32.1. The van der Waals surface area contributed by atoms with Crippen LogP contribution in [0.5, 0.6) is 0 Å². The maximum Gasteiger partial charge on any atom is 0.137 e. The Morgan fingerprint density at radius 3 is 1.89 bits per heavy atom. The lowest BCUT2D eigenvalue weighted by Gasteiger charge is -2.28. The molecule has 0 bridgehead atoms. The van der Waals surface area contributed by atoms with E-state index in [2.05, 4.69) is 193 Å². The van der Waals surface area contributed by atoms with Gasteiger partial charge in [-0.1, -0.05) is 146 Å². The van der Waals surface area contributed by atoms with E-state index in [9.17, 15) is 0 Å². The molecule has 0 amide bonds. The molecule has 11 rings (SSSR count). The van der Waals surface area contributed by atoms with Crippen molar-refractivity contribution in [1.29, 1.82) is 0 Å². The van der Waals surface area contributed by atoms with Gasteiger partial charge in [0.1, 0.15) is 11.2 Å². The van der Waals surface area contributed by atoms with Gasteiger partial charge in [0, 0.05) is 59.5 Å². The van der Waals surface area contributed by atoms with E-state index < -0.39 is 0 Å². The number of hydrogen-bond acceptors (Lipinski definition) is 3. The Bertz CT molecular complexity index is 3220. The Morgan fingerprint density at radius 1 is 0.364 bits per heavy atom. The molecule has 3 heteroatoms. The van der Waals surface area contributed by atoms with Crippen molar-refractivity contribution < 1.29 is 4.42 Å². The number of fused-ring (bicyclic) bond motifs is 7. The number of thiophene rings is 1. The molecule has 0 radical (unpaired) electrons. The number of anilines is 3. The molecule has 0 aliphatic rings.